The molecule has 0 amide bonds. The second kappa shape index (κ2) is 10.5. The molecule has 0 aliphatic heterocycles. The maximum absolute atomic E-state index is 8.30. The fourth-order valence-corrected chi connectivity index (χ4v) is 5.76. The van der Waals surface area contributed by atoms with Crippen LogP contribution in [-0.4, -0.2) is 0 Å². The fourth-order valence-electron chi connectivity index (χ4n) is 5.47. The number of aryl methyl sites for hydroxylation is 1. The Morgan fingerprint density at radius 3 is 1.63 bits per heavy atom. The Bertz CT molecular complexity index is 1990. The predicted molar refractivity (Wildman–Crippen MR) is 173 cm³/mol. The van der Waals surface area contributed by atoms with Crippen LogP contribution in [-0.2, 0) is 0 Å². The van der Waals surface area contributed by atoms with Gasteiger partial charge in [-0.3, -0.25) is 0 Å². The lowest BCUT2D eigenvalue weighted by Crippen LogP contribution is -2.14. The Morgan fingerprint density at radius 1 is 0.537 bits per heavy atom. The molecule has 0 fully saturated rings. The SMILES string of the molecule is [2H]C([2H])c1cc2c(N(c3ccccc3)c3cccc(N(c4ccccc4)c4ccccc4)c3Cl)coc2c2ccccc12. The molecule has 0 radical (unpaired) electrons. The van der Waals surface area contributed by atoms with Crippen LogP contribution in [0.4, 0.5) is 34.1 Å². The van der Waals surface area contributed by atoms with E-state index in [1.165, 1.54) is 0 Å². The number of para-hydroxylation sites is 3. The van der Waals surface area contributed by atoms with Crippen LogP contribution in [0.15, 0.2) is 150 Å². The first-order valence-corrected chi connectivity index (χ1v) is 13.8. The Balaban J connectivity index is 1.48. The van der Waals surface area contributed by atoms with Crippen LogP contribution in [0.25, 0.3) is 21.7 Å². The van der Waals surface area contributed by atoms with Gasteiger partial charge in [0, 0.05) is 30.6 Å². The normalized spacial score (nSPS) is 12.0. The molecule has 1 heterocycles. The zero-order valence-electron chi connectivity index (χ0n) is 24.1. The van der Waals surface area contributed by atoms with Crippen molar-refractivity contribution in [2.45, 2.75) is 6.88 Å². The molecule has 7 aromatic rings. The number of benzene rings is 6. The maximum Gasteiger partial charge on any atom is 0.143 e. The van der Waals surface area contributed by atoms with Crippen molar-refractivity contribution in [3.63, 3.8) is 0 Å². The third-order valence-electron chi connectivity index (χ3n) is 7.32. The van der Waals surface area contributed by atoms with Crippen LogP contribution in [0.3, 0.4) is 0 Å². The molecule has 1 aromatic heterocycles. The van der Waals surface area contributed by atoms with E-state index in [1.807, 2.05) is 115 Å². The number of anilines is 6. The van der Waals surface area contributed by atoms with E-state index in [1.54, 1.807) is 6.26 Å². The molecule has 7 rings (SSSR count). The fraction of sp³-hybridized carbons (Fsp3) is 0.0270. The summed E-state index contributed by atoms with van der Waals surface area (Å²) in [5, 5.41) is 3.09. The van der Waals surface area contributed by atoms with Crippen LogP contribution in [0, 0.1) is 6.88 Å². The van der Waals surface area contributed by atoms with Gasteiger partial charge in [-0.25, -0.2) is 0 Å². The van der Waals surface area contributed by atoms with Gasteiger partial charge in [0.25, 0.3) is 0 Å². The topological polar surface area (TPSA) is 19.6 Å². The van der Waals surface area contributed by atoms with E-state index in [0.717, 1.165) is 50.3 Å². The molecule has 6 aromatic carbocycles. The molecule has 0 saturated carbocycles. The second-order valence-corrected chi connectivity index (χ2v) is 10.2. The lowest BCUT2D eigenvalue weighted by molar-refractivity contribution is 0.619. The third-order valence-corrected chi connectivity index (χ3v) is 7.70. The van der Waals surface area contributed by atoms with Gasteiger partial charge in [0.15, 0.2) is 0 Å². The lowest BCUT2D eigenvalue weighted by Gasteiger charge is -2.30. The van der Waals surface area contributed by atoms with Gasteiger partial charge in [-0.2, -0.15) is 0 Å². The molecule has 0 aliphatic carbocycles. The van der Waals surface area contributed by atoms with Crippen molar-refractivity contribution in [2.75, 3.05) is 9.80 Å². The molecule has 198 valence electrons. The molecule has 41 heavy (non-hydrogen) atoms. The number of fused-ring (bicyclic) bond motifs is 3. The molecular formula is C37H27ClN2O. The van der Waals surface area contributed by atoms with Gasteiger partial charge in [0.2, 0.25) is 0 Å². The van der Waals surface area contributed by atoms with Crippen molar-refractivity contribution in [2.24, 2.45) is 0 Å². The molecule has 0 atom stereocenters. The highest BCUT2D eigenvalue weighted by Gasteiger charge is 2.24. The molecular weight excluding hydrogens is 524 g/mol. The number of halogens is 1. The Kier molecular flexibility index (Phi) is 5.85. The molecule has 0 spiro atoms. The van der Waals surface area contributed by atoms with E-state index in [4.69, 9.17) is 18.8 Å². The van der Waals surface area contributed by atoms with Crippen LogP contribution < -0.4 is 9.80 Å². The van der Waals surface area contributed by atoms with Crippen molar-refractivity contribution in [3.05, 3.63) is 156 Å². The van der Waals surface area contributed by atoms with E-state index in [9.17, 15) is 0 Å². The van der Waals surface area contributed by atoms with Gasteiger partial charge in [-0.05, 0) is 72.4 Å². The van der Waals surface area contributed by atoms with Gasteiger partial charge in [-0.1, -0.05) is 96.5 Å². The van der Waals surface area contributed by atoms with Crippen LogP contribution in [0.5, 0.6) is 0 Å². The quantitative estimate of drug-likeness (QED) is 0.204. The summed E-state index contributed by atoms with van der Waals surface area (Å²) in [6.45, 7) is -1.15. The predicted octanol–water partition coefficient (Wildman–Crippen LogP) is 11.5. The molecule has 0 N–H and O–H groups in total. The van der Waals surface area contributed by atoms with E-state index < -0.39 is 6.88 Å². The molecule has 3 nitrogen and oxygen atoms in total. The average molecular weight is 553 g/mol. The minimum absolute atomic E-state index is 0.563. The number of hydrogen-bond donors (Lipinski definition) is 0. The van der Waals surface area contributed by atoms with Gasteiger partial charge in [0.1, 0.15) is 11.8 Å². The van der Waals surface area contributed by atoms with Gasteiger partial charge >= 0.3 is 0 Å². The van der Waals surface area contributed by atoms with Crippen molar-refractivity contribution in [1.82, 2.24) is 0 Å². The highest BCUT2D eigenvalue weighted by molar-refractivity contribution is 6.37. The summed E-state index contributed by atoms with van der Waals surface area (Å²) in [6, 6.07) is 46.2. The van der Waals surface area contributed by atoms with E-state index in [0.29, 0.717) is 16.2 Å². The van der Waals surface area contributed by atoms with E-state index >= 15 is 0 Å². The summed E-state index contributed by atoms with van der Waals surface area (Å²) in [4.78, 5) is 4.24. The Morgan fingerprint density at radius 2 is 1.05 bits per heavy atom. The van der Waals surface area contributed by atoms with Crippen molar-refractivity contribution >= 4 is 67.5 Å². The number of hydrogen-bond acceptors (Lipinski definition) is 3. The standard InChI is InChI=1S/C37H27ClN2O/c1-26-24-32-35(25-41-37(32)31-21-12-11-20-30(26)31)40(29-18-9-4-10-19-29)34-23-13-22-33(36(34)38)39(27-14-5-2-6-15-27)28-16-7-3-8-17-28/h2-25H,1H3/i1D2. The van der Waals surface area contributed by atoms with Gasteiger partial charge < -0.3 is 14.2 Å². The molecule has 0 saturated heterocycles. The Labute approximate surface area is 247 Å². The van der Waals surface area contributed by atoms with Crippen molar-refractivity contribution in [1.29, 1.82) is 0 Å². The zero-order valence-corrected chi connectivity index (χ0v) is 22.9. The van der Waals surface area contributed by atoms with Crippen LogP contribution in [0.1, 0.15) is 8.30 Å². The smallest absolute Gasteiger partial charge is 0.143 e. The van der Waals surface area contributed by atoms with Gasteiger partial charge in [-0.15, -0.1) is 0 Å². The first-order chi connectivity index (χ1) is 21.1. The molecule has 0 unspecified atom stereocenters. The van der Waals surface area contributed by atoms with Crippen LogP contribution >= 0.6 is 11.6 Å². The lowest BCUT2D eigenvalue weighted by atomic mass is 10.0. The summed E-state index contributed by atoms with van der Waals surface area (Å²) in [5.74, 6) is 0. The van der Waals surface area contributed by atoms with Crippen LogP contribution in [0.2, 0.25) is 5.02 Å². The summed E-state index contributed by atoms with van der Waals surface area (Å²) in [6.07, 6.45) is 1.74. The summed E-state index contributed by atoms with van der Waals surface area (Å²) >= 11 is 7.42. The summed E-state index contributed by atoms with van der Waals surface area (Å²) < 4.78 is 22.9. The van der Waals surface area contributed by atoms with Crippen molar-refractivity contribution < 1.29 is 7.16 Å². The first-order valence-electron chi connectivity index (χ1n) is 14.6. The number of furan rings is 1. The third kappa shape index (κ3) is 4.41. The monoisotopic (exact) mass is 552 g/mol. The summed E-state index contributed by atoms with van der Waals surface area (Å²) in [5.41, 5.74) is 6.58. The highest BCUT2D eigenvalue weighted by Crippen LogP contribution is 2.48. The van der Waals surface area contributed by atoms with Gasteiger partial charge in [0.05, 0.1) is 22.1 Å². The average Bonchev–Trinajstić information content (AvgIpc) is 3.48. The minimum atomic E-state index is -1.15. The van der Waals surface area contributed by atoms with E-state index in [-0.39, 0.29) is 0 Å². The maximum atomic E-state index is 8.30. The zero-order chi connectivity index (χ0) is 29.3. The van der Waals surface area contributed by atoms with Crippen molar-refractivity contribution in [3.8, 4) is 0 Å². The van der Waals surface area contributed by atoms with E-state index in [2.05, 4.69) is 34.1 Å². The number of nitrogens with zero attached hydrogens (tertiary/aromatic N) is 2. The number of rotatable bonds is 6. The molecule has 4 heteroatoms. The summed E-state index contributed by atoms with van der Waals surface area (Å²) in [7, 11) is 0. The largest absolute Gasteiger partial charge is 0.461 e. The molecule has 0 aliphatic rings. The Hall–Kier alpha value is -4.99. The molecule has 0 bridgehead atoms. The second-order valence-electron chi connectivity index (χ2n) is 9.80. The minimum Gasteiger partial charge on any atom is -0.461 e. The first kappa shape index (κ1) is 22.8. The highest BCUT2D eigenvalue weighted by atomic mass is 35.5.